The fraction of sp³-hybridized carbons (Fsp3) is 0.750. The number of aromatic nitrogens is 3. The highest BCUT2D eigenvalue weighted by molar-refractivity contribution is 9.09. The third-order valence-electron chi connectivity index (χ3n) is 2.32. The van der Waals surface area contributed by atoms with Gasteiger partial charge < -0.3 is 0 Å². The molecule has 0 atom stereocenters. The van der Waals surface area contributed by atoms with Crippen LogP contribution in [0, 0.1) is 12.3 Å². The number of hydrogen-bond donors (Lipinski definition) is 1. The van der Waals surface area contributed by atoms with Crippen LogP contribution < -0.4 is 0 Å². The molecular formula is C8H12BrN3S. The maximum atomic E-state index is 4.26. The fourth-order valence-electron chi connectivity index (χ4n) is 1.10. The van der Waals surface area contributed by atoms with Crippen molar-refractivity contribution in [2.24, 2.45) is 5.41 Å². The Morgan fingerprint density at radius 2 is 2.38 bits per heavy atom. The van der Waals surface area contributed by atoms with E-state index in [-0.39, 0.29) is 0 Å². The van der Waals surface area contributed by atoms with Crippen molar-refractivity contribution in [1.82, 2.24) is 15.2 Å². The van der Waals surface area contributed by atoms with Crippen LogP contribution in [0.25, 0.3) is 0 Å². The summed E-state index contributed by atoms with van der Waals surface area (Å²) in [6, 6.07) is 0. The maximum Gasteiger partial charge on any atom is 0.208 e. The average Bonchev–Trinajstić information content (AvgIpc) is 2.81. The van der Waals surface area contributed by atoms with E-state index in [0.29, 0.717) is 5.41 Å². The lowest BCUT2D eigenvalue weighted by Crippen LogP contribution is -2.05. The molecule has 0 saturated heterocycles. The van der Waals surface area contributed by atoms with E-state index in [0.717, 1.165) is 22.1 Å². The number of aryl methyl sites for hydroxylation is 1. The summed E-state index contributed by atoms with van der Waals surface area (Å²) in [6.45, 7) is 1.93. The van der Waals surface area contributed by atoms with E-state index >= 15 is 0 Å². The van der Waals surface area contributed by atoms with E-state index in [2.05, 4.69) is 31.1 Å². The molecule has 5 heteroatoms. The number of nitrogens with one attached hydrogen (secondary N) is 1. The Labute approximate surface area is 90.2 Å². The minimum atomic E-state index is 0.541. The van der Waals surface area contributed by atoms with Gasteiger partial charge in [-0.2, -0.15) is 0 Å². The van der Waals surface area contributed by atoms with E-state index in [1.165, 1.54) is 12.8 Å². The van der Waals surface area contributed by atoms with E-state index in [1.807, 2.05) is 6.92 Å². The average molecular weight is 262 g/mol. The van der Waals surface area contributed by atoms with Gasteiger partial charge in [-0.05, 0) is 25.2 Å². The molecule has 1 fully saturated rings. The molecule has 0 bridgehead atoms. The highest BCUT2D eigenvalue weighted by Crippen LogP contribution is 2.49. The molecule has 1 heterocycles. The Morgan fingerprint density at radius 3 is 2.85 bits per heavy atom. The molecule has 0 aromatic carbocycles. The van der Waals surface area contributed by atoms with Crippen LogP contribution in [0.15, 0.2) is 5.16 Å². The van der Waals surface area contributed by atoms with Crippen molar-refractivity contribution in [1.29, 1.82) is 0 Å². The van der Waals surface area contributed by atoms with Crippen LogP contribution in [0.1, 0.15) is 18.7 Å². The smallest absolute Gasteiger partial charge is 0.208 e. The Balaban J connectivity index is 1.86. The van der Waals surface area contributed by atoms with Crippen LogP contribution in [-0.4, -0.2) is 26.3 Å². The molecule has 1 aliphatic carbocycles. The molecule has 0 spiro atoms. The molecule has 1 aliphatic rings. The van der Waals surface area contributed by atoms with Gasteiger partial charge in [0.1, 0.15) is 5.82 Å². The molecule has 13 heavy (non-hydrogen) atoms. The van der Waals surface area contributed by atoms with Crippen molar-refractivity contribution in [2.45, 2.75) is 24.9 Å². The van der Waals surface area contributed by atoms with Gasteiger partial charge >= 0.3 is 0 Å². The Bertz CT molecular complexity index is 295. The molecule has 2 rings (SSSR count). The minimum Gasteiger partial charge on any atom is -0.262 e. The van der Waals surface area contributed by atoms with Gasteiger partial charge in [0.25, 0.3) is 0 Å². The zero-order valence-corrected chi connectivity index (χ0v) is 9.91. The molecule has 1 aromatic rings. The highest BCUT2D eigenvalue weighted by atomic mass is 79.9. The van der Waals surface area contributed by atoms with Crippen LogP contribution in [-0.2, 0) is 0 Å². The second-order valence-electron chi connectivity index (χ2n) is 3.63. The number of hydrogen-bond acceptors (Lipinski definition) is 3. The van der Waals surface area contributed by atoms with Crippen molar-refractivity contribution in [3.8, 4) is 0 Å². The monoisotopic (exact) mass is 261 g/mol. The van der Waals surface area contributed by atoms with Crippen molar-refractivity contribution < 1.29 is 0 Å². The molecule has 0 amide bonds. The van der Waals surface area contributed by atoms with Crippen molar-refractivity contribution >= 4 is 27.7 Å². The molecule has 0 radical (unpaired) electrons. The number of aromatic amines is 1. The summed E-state index contributed by atoms with van der Waals surface area (Å²) >= 11 is 5.30. The van der Waals surface area contributed by atoms with Gasteiger partial charge in [0.05, 0.1) is 0 Å². The Morgan fingerprint density at radius 1 is 1.62 bits per heavy atom. The van der Waals surface area contributed by atoms with Gasteiger partial charge in [0.15, 0.2) is 0 Å². The number of nitrogens with zero attached hydrogens (tertiary/aromatic N) is 2. The third kappa shape index (κ3) is 2.26. The van der Waals surface area contributed by atoms with E-state index in [9.17, 15) is 0 Å². The predicted octanol–water partition coefficient (Wildman–Crippen LogP) is 2.38. The van der Waals surface area contributed by atoms with Crippen molar-refractivity contribution in [3.63, 3.8) is 0 Å². The predicted molar refractivity (Wildman–Crippen MR) is 57.3 cm³/mol. The summed E-state index contributed by atoms with van der Waals surface area (Å²) in [5.74, 6) is 2.03. The first-order valence-electron chi connectivity index (χ1n) is 4.32. The van der Waals surface area contributed by atoms with Crippen molar-refractivity contribution in [3.05, 3.63) is 5.82 Å². The molecular weight excluding hydrogens is 250 g/mol. The van der Waals surface area contributed by atoms with Gasteiger partial charge in [-0.15, -0.1) is 5.10 Å². The molecule has 72 valence electrons. The summed E-state index contributed by atoms with van der Waals surface area (Å²) in [5.41, 5.74) is 0.541. The lowest BCUT2D eigenvalue weighted by molar-refractivity contribution is 0.685. The molecule has 1 aromatic heterocycles. The number of alkyl halides is 1. The number of halogens is 1. The first kappa shape index (κ1) is 9.52. The molecule has 1 N–H and O–H groups in total. The Hall–Kier alpha value is -0.0300. The largest absolute Gasteiger partial charge is 0.262 e. The lowest BCUT2D eigenvalue weighted by Gasteiger charge is -2.07. The van der Waals surface area contributed by atoms with E-state index in [4.69, 9.17) is 0 Å². The maximum absolute atomic E-state index is 4.26. The summed E-state index contributed by atoms with van der Waals surface area (Å²) in [4.78, 5) is 4.26. The van der Waals surface area contributed by atoms with Crippen LogP contribution in [0.3, 0.4) is 0 Å². The number of H-pyrrole nitrogens is 1. The normalized spacial score (nSPS) is 18.9. The standard InChI is InChI=1S/C8H12BrN3S/c1-6-10-7(12-11-6)13-5-8(4-9)2-3-8/h2-5H2,1H3,(H,10,11,12). The number of thioether (sulfide) groups is 1. The highest BCUT2D eigenvalue weighted by Gasteiger charge is 2.41. The molecule has 1 saturated carbocycles. The topological polar surface area (TPSA) is 41.6 Å². The first-order chi connectivity index (χ1) is 6.24. The summed E-state index contributed by atoms with van der Waals surface area (Å²) in [6.07, 6.45) is 2.68. The van der Waals surface area contributed by atoms with E-state index < -0.39 is 0 Å². The summed E-state index contributed by atoms with van der Waals surface area (Å²) in [5, 5.41) is 8.93. The third-order valence-corrected chi connectivity index (χ3v) is 4.71. The second-order valence-corrected chi connectivity index (χ2v) is 5.13. The number of rotatable bonds is 4. The van der Waals surface area contributed by atoms with Crippen LogP contribution in [0.4, 0.5) is 0 Å². The zero-order valence-electron chi connectivity index (χ0n) is 7.51. The molecule has 0 aliphatic heterocycles. The van der Waals surface area contributed by atoms with Gasteiger partial charge in [-0.25, -0.2) is 4.98 Å². The van der Waals surface area contributed by atoms with Crippen LogP contribution in [0.2, 0.25) is 0 Å². The zero-order chi connectivity index (χ0) is 9.31. The quantitative estimate of drug-likeness (QED) is 0.669. The van der Waals surface area contributed by atoms with Crippen LogP contribution in [0.5, 0.6) is 0 Å². The summed E-state index contributed by atoms with van der Waals surface area (Å²) in [7, 11) is 0. The minimum absolute atomic E-state index is 0.541. The lowest BCUT2D eigenvalue weighted by atomic mass is 10.2. The van der Waals surface area contributed by atoms with E-state index in [1.54, 1.807) is 11.8 Å². The Kier molecular flexibility index (Phi) is 2.65. The van der Waals surface area contributed by atoms with Gasteiger partial charge in [-0.1, -0.05) is 27.7 Å². The van der Waals surface area contributed by atoms with Gasteiger partial charge in [-0.3, -0.25) is 5.10 Å². The SMILES string of the molecule is Cc1nc(SCC2(CBr)CC2)n[nH]1. The van der Waals surface area contributed by atoms with Gasteiger partial charge in [0.2, 0.25) is 5.16 Å². The summed E-state index contributed by atoms with van der Waals surface area (Å²) < 4.78 is 0. The van der Waals surface area contributed by atoms with Crippen LogP contribution >= 0.6 is 27.7 Å². The van der Waals surface area contributed by atoms with Gasteiger partial charge in [0, 0.05) is 11.1 Å². The first-order valence-corrected chi connectivity index (χ1v) is 6.43. The van der Waals surface area contributed by atoms with Crippen molar-refractivity contribution in [2.75, 3.05) is 11.1 Å². The second kappa shape index (κ2) is 3.61. The fourth-order valence-corrected chi connectivity index (χ4v) is 3.26. The molecule has 0 unspecified atom stereocenters. The molecule has 3 nitrogen and oxygen atoms in total.